The summed E-state index contributed by atoms with van der Waals surface area (Å²) in [6, 6.07) is 14.4. The van der Waals surface area contributed by atoms with Gasteiger partial charge >= 0.3 is 0 Å². The highest BCUT2D eigenvalue weighted by molar-refractivity contribution is 7.95. The molecule has 1 N–H and O–H groups in total. The molecule has 0 aliphatic heterocycles. The van der Waals surface area contributed by atoms with Gasteiger partial charge < -0.3 is 10.2 Å². The molecule has 0 amide bonds. The normalized spacial score (nSPS) is 15.9. The van der Waals surface area contributed by atoms with Crippen molar-refractivity contribution in [3.05, 3.63) is 87.6 Å². The fourth-order valence-corrected chi connectivity index (χ4v) is 5.98. The summed E-state index contributed by atoms with van der Waals surface area (Å²) in [6.45, 7) is 2.05. The molecule has 1 aliphatic rings. The van der Waals surface area contributed by atoms with Crippen LogP contribution in [0.2, 0.25) is 0 Å². The molecule has 0 unspecified atom stereocenters. The Balaban J connectivity index is 1.64. The predicted molar refractivity (Wildman–Crippen MR) is 137 cm³/mol. The predicted octanol–water partition coefficient (Wildman–Crippen LogP) is 4.04. The molecular weight excluding hydrogens is 448 g/mol. The summed E-state index contributed by atoms with van der Waals surface area (Å²) in [5.41, 5.74) is 0.842. The van der Waals surface area contributed by atoms with E-state index >= 15 is 0 Å². The quantitative estimate of drug-likeness (QED) is 0.552. The number of fused-ring (bicyclic) bond motifs is 1. The van der Waals surface area contributed by atoms with Crippen LogP contribution in [0.15, 0.2) is 81.4 Å². The lowest BCUT2D eigenvalue weighted by Gasteiger charge is -2.32. The van der Waals surface area contributed by atoms with Crippen LogP contribution in [-0.4, -0.2) is 43.2 Å². The Labute approximate surface area is 200 Å². The van der Waals surface area contributed by atoms with Gasteiger partial charge in [-0.1, -0.05) is 42.5 Å². The van der Waals surface area contributed by atoms with Gasteiger partial charge in [0, 0.05) is 23.4 Å². The molecule has 4 rings (SSSR count). The minimum Gasteiger partial charge on any atom is -0.364 e. The molecule has 0 spiro atoms. The molecule has 34 heavy (non-hydrogen) atoms. The van der Waals surface area contributed by atoms with Crippen molar-refractivity contribution in [2.45, 2.75) is 36.7 Å². The zero-order chi connectivity index (χ0) is 24.5. The van der Waals surface area contributed by atoms with E-state index in [0.29, 0.717) is 27.4 Å². The maximum absolute atomic E-state index is 13.0. The number of rotatable bonds is 7. The first-order valence-electron chi connectivity index (χ1n) is 11.3. The van der Waals surface area contributed by atoms with Crippen LogP contribution in [0, 0.1) is 0 Å². The van der Waals surface area contributed by atoms with E-state index in [2.05, 4.69) is 22.2 Å². The number of sulfone groups is 1. The molecule has 3 aromatic rings. The monoisotopic (exact) mass is 478 g/mol. The summed E-state index contributed by atoms with van der Waals surface area (Å²) < 4.78 is 27.3. The van der Waals surface area contributed by atoms with Crippen LogP contribution in [-0.2, 0) is 16.9 Å². The molecule has 8 heteroatoms. The largest absolute Gasteiger partial charge is 0.364 e. The van der Waals surface area contributed by atoms with E-state index in [1.54, 1.807) is 37.4 Å². The molecule has 2 atom stereocenters. The third kappa shape index (κ3) is 4.56. The lowest BCUT2D eigenvalue weighted by atomic mass is 9.99. The number of benzene rings is 2. The summed E-state index contributed by atoms with van der Waals surface area (Å²) >= 11 is 0. The van der Waals surface area contributed by atoms with Gasteiger partial charge in [-0.15, -0.1) is 0 Å². The van der Waals surface area contributed by atoms with Crippen molar-refractivity contribution in [2.24, 2.45) is 7.05 Å². The standard InChI is InChI=1S/C26H30N4O3S/c1-18(27-25-22-12-8-9-13-23(22)26(31)30(4)28-25)24(29(2)3)19-14-16-21(17-15-19)34(32,33)20-10-6-5-7-11-20/h5-6,8-10,12-18,24H,7,11H2,1-4H3,(H,27,28)/t18-,24+/m0/s1. The second-order valence-electron chi connectivity index (χ2n) is 8.84. The van der Waals surface area contributed by atoms with Gasteiger partial charge in [0.2, 0.25) is 9.84 Å². The zero-order valence-electron chi connectivity index (χ0n) is 19.9. The number of hydrogen-bond acceptors (Lipinski definition) is 6. The number of nitrogens with zero attached hydrogens (tertiary/aromatic N) is 3. The first-order valence-corrected chi connectivity index (χ1v) is 12.8. The number of anilines is 1. The molecule has 1 aliphatic carbocycles. The highest BCUT2D eigenvalue weighted by Crippen LogP contribution is 2.30. The SMILES string of the molecule is C[C@H](Nc1nn(C)c(=O)c2ccccc12)[C@H](c1ccc(S(=O)(=O)C2=CC=CCC2)cc1)N(C)C. The molecule has 178 valence electrons. The first-order chi connectivity index (χ1) is 16.2. The van der Waals surface area contributed by atoms with Crippen molar-refractivity contribution < 1.29 is 8.42 Å². The van der Waals surface area contributed by atoms with E-state index in [-0.39, 0.29) is 17.6 Å². The van der Waals surface area contributed by atoms with E-state index in [4.69, 9.17) is 0 Å². The van der Waals surface area contributed by atoms with E-state index in [0.717, 1.165) is 17.4 Å². The minimum atomic E-state index is -3.49. The Morgan fingerprint density at radius 3 is 2.35 bits per heavy atom. The first kappa shape index (κ1) is 23.9. The highest BCUT2D eigenvalue weighted by atomic mass is 32.2. The van der Waals surface area contributed by atoms with Gasteiger partial charge in [0.25, 0.3) is 5.56 Å². The lowest BCUT2D eigenvalue weighted by molar-refractivity contribution is 0.275. The number of aryl methyl sites for hydroxylation is 1. The van der Waals surface area contributed by atoms with Gasteiger partial charge in [-0.05, 0) is 63.7 Å². The van der Waals surface area contributed by atoms with Gasteiger partial charge in [0.15, 0.2) is 5.82 Å². The molecule has 1 heterocycles. The fraction of sp³-hybridized carbons (Fsp3) is 0.308. The Morgan fingerprint density at radius 1 is 1.06 bits per heavy atom. The van der Waals surface area contributed by atoms with Crippen LogP contribution < -0.4 is 10.9 Å². The van der Waals surface area contributed by atoms with Crippen LogP contribution in [0.4, 0.5) is 5.82 Å². The van der Waals surface area contributed by atoms with Crippen LogP contribution in [0.3, 0.4) is 0 Å². The van der Waals surface area contributed by atoms with Crippen molar-refractivity contribution in [3.8, 4) is 0 Å². The van der Waals surface area contributed by atoms with Gasteiger partial charge in [-0.2, -0.15) is 5.10 Å². The molecule has 0 radical (unpaired) electrons. The van der Waals surface area contributed by atoms with Gasteiger partial charge in [-0.3, -0.25) is 4.79 Å². The Morgan fingerprint density at radius 2 is 1.74 bits per heavy atom. The molecule has 0 bridgehead atoms. The number of aromatic nitrogens is 2. The summed E-state index contributed by atoms with van der Waals surface area (Å²) in [5, 5.41) is 9.32. The Kier molecular flexibility index (Phi) is 6.72. The Hall–Kier alpha value is -3.23. The second-order valence-corrected chi connectivity index (χ2v) is 10.8. The highest BCUT2D eigenvalue weighted by Gasteiger charge is 2.25. The van der Waals surface area contributed by atoms with Crippen LogP contribution in [0.1, 0.15) is 31.4 Å². The molecule has 2 aromatic carbocycles. The van der Waals surface area contributed by atoms with Crippen LogP contribution in [0.5, 0.6) is 0 Å². The number of allylic oxidation sites excluding steroid dienone is 4. The third-order valence-corrected chi connectivity index (χ3v) is 8.13. The summed E-state index contributed by atoms with van der Waals surface area (Å²) in [6.07, 6.45) is 6.73. The molecule has 0 saturated carbocycles. The maximum atomic E-state index is 13.0. The van der Waals surface area contributed by atoms with Crippen LogP contribution >= 0.6 is 0 Å². The average Bonchev–Trinajstić information content (AvgIpc) is 2.83. The topological polar surface area (TPSA) is 84.3 Å². The smallest absolute Gasteiger partial charge is 0.274 e. The van der Waals surface area contributed by atoms with Crippen molar-refractivity contribution in [1.29, 1.82) is 0 Å². The zero-order valence-corrected chi connectivity index (χ0v) is 20.7. The van der Waals surface area contributed by atoms with E-state index in [9.17, 15) is 13.2 Å². The van der Waals surface area contributed by atoms with Crippen molar-refractivity contribution in [1.82, 2.24) is 14.7 Å². The number of hydrogen-bond donors (Lipinski definition) is 1. The molecule has 0 saturated heterocycles. The van der Waals surface area contributed by atoms with Gasteiger partial charge in [0.05, 0.1) is 16.3 Å². The summed E-state index contributed by atoms with van der Waals surface area (Å²) in [7, 11) is 2.13. The average molecular weight is 479 g/mol. The van der Waals surface area contributed by atoms with Gasteiger partial charge in [-0.25, -0.2) is 13.1 Å². The van der Waals surface area contributed by atoms with Crippen molar-refractivity contribution in [2.75, 3.05) is 19.4 Å². The minimum absolute atomic E-state index is 0.0635. The number of likely N-dealkylation sites (N-methyl/N-ethyl adjacent to an activating group) is 1. The molecule has 1 aromatic heterocycles. The number of nitrogens with one attached hydrogen (secondary N) is 1. The molecule has 7 nitrogen and oxygen atoms in total. The molecule has 0 fully saturated rings. The van der Waals surface area contributed by atoms with Crippen LogP contribution in [0.25, 0.3) is 10.8 Å². The summed E-state index contributed by atoms with van der Waals surface area (Å²) in [5.74, 6) is 0.633. The summed E-state index contributed by atoms with van der Waals surface area (Å²) in [4.78, 5) is 15.3. The lowest BCUT2D eigenvalue weighted by Crippen LogP contribution is -2.35. The third-order valence-electron chi connectivity index (χ3n) is 6.20. The van der Waals surface area contributed by atoms with Crippen molar-refractivity contribution in [3.63, 3.8) is 0 Å². The van der Waals surface area contributed by atoms with Gasteiger partial charge in [0.1, 0.15) is 0 Å². The van der Waals surface area contributed by atoms with E-state index in [1.807, 2.05) is 50.5 Å². The van der Waals surface area contributed by atoms with E-state index < -0.39 is 9.84 Å². The molecular formula is C26H30N4O3S. The van der Waals surface area contributed by atoms with E-state index in [1.165, 1.54) is 4.68 Å². The Bertz CT molecular complexity index is 1420. The fourth-order valence-electron chi connectivity index (χ4n) is 4.53. The van der Waals surface area contributed by atoms with Crippen molar-refractivity contribution >= 4 is 26.4 Å². The maximum Gasteiger partial charge on any atom is 0.274 e. The second kappa shape index (κ2) is 9.56.